The molecule has 1 aromatic carbocycles. The van der Waals surface area contributed by atoms with E-state index in [0.29, 0.717) is 5.56 Å². The van der Waals surface area contributed by atoms with Crippen molar-refractivity contribution in [2.24, 2.45) is 0 Å². The molecule has 20 heavy (non-hydrogen) atoms. The van der Waals surface area contributed by atoms with Crippen molar-refractivity contribution in [3.63, 3.8) is 0 Å². The number of nitro benzene ring substituents is 2. The Morgan fingerprint density at radius 1 is 1.30 bits per heavy atom. The minimum atomic E-state index is -0.662. The summed E-state index contributed by atoms with van der Waals surface area (Å²) in [7, 11) is 0. The van der Waals surface area contributed by atoms with Gasteiger partial charge in [0.1, 0.15) is 0 Å². The number of anilines is 1. The minimum absolute atomic E-state index is 0.0958. The Hall–Kier alpha value is -2.48. The standard InChI is InChI=1S/C12H15N3O5/c1-4-6-13(20-5-2)12-10(14(16)17)7-9(3)8-11(12)15(18)19/h4,7-8H,1,5-6H2,2-3H3. The van der Waals surface area contributed by atoms with Crippen LogP contribution in [0.3, 0.4) is 0 Å². The lowest BCUT2D eigenvalue weighted by molar-refractivity contribution is -0.393. The molecule has 8 nitrogen and oxygen atoms in total. The molecule has 0 atom stereocenters. The van der Waals surface area contributed by atoms with Gasteiger partial charge in [0.05, 0.1) is 23.0 Å². The number of hydrogen-bond acceptors (Lipinski definition) is 6. The van der Waals surface area contributed by atoms with Crippen LogP contribution < -0.4 is 5.06 Å². The Balaban J connectivity index is 3.56. The molecule has 0 unspecified atom stereocenters. The van der Waals surface area contributed by atoms with Crippen LogP contribution in [0.15, 0.2) is 24.8 Å². The Morgan fingerprint density at radius 3 is 2.15 bits per heavy atom. The van der Waals surface area contributed by atoms with Crippen molar-refractivity contribution >= 4 is 17.1 Å². The van der Waals surface area contributed by atoms with Crippen LogP contribution in [-0.4, -0.2) is 23.0 Å². The number of nitro groups is 2. The van der Waals surface area contributed by atoms with Crippen molar-refractivity contribution in [3.05, 3.63) is 50.6 Å². The molecule has 0 fully saturated rings. The normalized spacial score (nSPS) is 10.1. The maximum absolute atomic E-state index is 11.1. The summed E-state index contributed by atoms with van der Waals surface area (Å²) in [6.45, 7) is 7.07. The van der Waals surface area contributed by atoms with Gasteiger partial charge in [-0.3, -0.25) is 25.1 Å². The SMILES string of the molecule is C=CCN(OCC)c1c([N+](=O)[O-])cc(C)cc1[N+](=O)[O-]. The van der Waals surface area contributed by atoms with Crippen LogP contribution >= 0.6 is 0 Å². The quantitative estimate of drug-likeness (QED) is 0.433. The van der Waals surface area contributed by atoms with Gasteiger partial charge < -0.3 is 0 Å². The third-order valence-electron chi connectivity index (χ3n) is 2.44. The van der Waals surface area contributed by atoms with Crippen molar-refractivity contribution in [3.8, 4) is 0 Å². The van der Waals surface area contributed by atoms with Crippen molar-refractivity contribution in [2.45, 2.75) is 13.8 Å². The first kappa shape index (κ1) is 15.6. The van der Waals surface area contributed by atoms with E-state index in [4.69, 9.17) is 4.84 Å². The predicted octanol–water partition coefficient (Wildman–Crippen LogP) is 2.76. The molecule has 0 saturated carbocycles. The lowest BCUT2D eigenvalue weighted by Crippen LogP contribution is -2.25. The second-order valence-corrected chi connectivity index (χ2v) is 3.93. The third-order valence-corrected chi connectivity index (χ3v) is 2.44. The van der Waals surface area contributed by atoms with E-state index in [1.165, 1.54) is 18.2 Å². The monoisotopic (exact) mass is 281 g/mol. The molecule has 0 amide bonds. The van der Waals surface area contributed by atoms with Crippen LogP contribution in [0.4, 0.5) is 17.1 Å². The number of hydroxylamine groups is 1. The fourth-order valence-corrected chi connectivity index (χ4v) is 1.76. The Morgan fingerprint density at radius 2 is 1.80 bits per heavy atom. The van der Waals surface area contributed by atoms with Gasteiger partial charge in [0.2, 0.25) is 5.69 Å². The van der Waals surface area contributed by atoms with Crippen LogP contribution in [0.25, 0.3) is 0 Å². The van der Waals surface area contributed by atoms with E-state index in [-0.39, 0.29) is 30.2 Å². The van der Waals surface area contributed by atoms with E-state index in [0.717, 1.165) is 5.06 Å². The summed E-state index contributed by atoms with van der Waals surface area (Å²) in [6, 6.07) is 2.55. The molecule has 0 aliphatic heterocycles. The molecule has 0 aromatic heterocycles. The summed E-state index contributed by atoms with van der Waals surface area (Å²) in [5, 5.41) is 23.4. The van der Waals surface area contributed by atoms with Crippen molar-refractivity contribution in [1.82, 2.24) is 0 Å². The van der Waals surface area contributed by atoms with Crippen LogP contribution in [0, 0.1) is 27.2 Å². The second-order valence-electron chi connectivity index (χ2n) is 3.93. The fraction of sp³-hybridized carbons (Fsp3) is 0.333. The molecule has 0 spiro atoms. The van der Waals surface area contributed by atoms with Gasteiger partial charge in [-0.25, -0.2) is 5.06 Å². The number of aryl methyl sites for hydroxylation is 1. The maximum atomic E-state index is 11.1. The van der Waals surface area contributed by atoms with E-state index in [1.54, 1.807) is 13.8 Å². The third kappa shape index (κ3) is 3.29. The molecule has 108 valence electrons. The Kier molecular flexibility index (Phi) is 5.15. The molecule has 1 aromatic rings. The average Bonchev–Trinajstić information content (AvgIpc) is 2.37. The lowest BCUT2D eigenvalue weighted by atomic mass is 10.1. The summed E-state index contributed by atoms with van der Waals surface area (Å²) in [6.07, 6.45) is 1.45. The van der Waals surface area contributed by atoms with Crippen molar-refractivity contribution in [2.75, 3.05) is 18.2 Å². The first-order valence-electron chi connectivity index (χ1n) is 5.87. The number of hydrogen-bond donors (Lipinski definition) is 0. The van der Waals surface area contributed by atoms with E-state index in [9.17, 15) is 20.2 Å². The van der Waals surface area contributed by atoms with Crippen LogP contribution in [0.1, 0.15) is 12.5 Å². The first-order chi connectivity index (χ1) is 9.42. The molecule has 0 saturated heterocycles. The molecule has 1 rings (SSSR count). The average molecular weight is 281 g/mol. The number of rotatable bonds is 7. The summed E-state index contributed by atoms with van der Waals surface area (Å²) < 4.78 is 0. The van der Waals surface area contributed by atoms with Gasteiger partial charge in [0.25, 0.3) is 0 Å². The molecular formula is C12H15N3O5. The molecular weight excluding hydrogens is 266 g/mol. The summed E-state index contributed by atoms with van der Waals surface area (Å²) >= 11 is 0. The molecule has 0 aliphatic rings. The second kappa shape index (κ2) is 6.62. The van der Waals surface area contributed by atoms with Gasteiger partial charge >= 0.3 is 11.4 Å². The van der Waals surface area contributed by atoms with Crippen LogP contribution in [-0.2, 0) is 4.84 Å². The van der Waals surface area contributed by atoms with Gasteiger partial charge in [0.15, 0.2) is 0 Å². The Labute approximate surface area is 115 Å². The molecule has 0 aliphatic carbocycles. The summed E-state index contributed by atoms with van der Waals surface area (Å²) in [5.74, 6) is 0. The Bertz CT molecular complexity index is 509. The number of benzene rings is 1. The van der Waals surface area contributed by atoms with Gasteiger partial charge in [-0.05, 0) is 19.4 Å². The topological polar surface area (TPSA) is 98.8 Å². The minimum Gasteiger partial charge on any atom is -0.273 e. The van der Waals surface area contributed by atoms with Gasteiger partial charge in [-0.15, -0.1) is 6.58 Å². The number of nitrogens with zero attached hydrogens (tertiary/aromatic N) is 3. The largest absolute Gasteiger partial charge is 0.302 e. The van der Waals surface area contributed by atoms with Crippen molar-refractivity contribution in [1.29, 1.82) is 0 Å². The molecule has 0 N–H and O–H groups in total. The van der Waals surface area contributed by atoms with Gasteiger partial charge in [-0.1, -0.05) is 6.08 Å². The van der Waals surface area contributed by atoms with Crippen LogP contribution in [0.5, 0.6) is 0 Å². The lowest BCUT2D eigenvalue weighted by Gasteiger charge is -2.21. The van der Waals surface area contributed by atoms with Gasteiger partial charge in [0, 0.05) is 12.1 Å². The molecule has 0 bridgehead atoms. The predicted molar refractivity (Wildman–Crippen MR) is 73.7 cm³/mol. The fourth-order valence-electron chi connectivity index (χ4n) is 1.76. The highest BCUT2D eigenvalue weighted by atomic mass is 16.7. The summed E-state index contributed by atoms with van der Waals surface area (Å²) in [4.78, 5) is 26.2. The zero-order valence-electron chi connectivity index (χ0n) is 11.2. The zero-order valence-corrected chi connectivity index (χ0v) is 11.2. The first-order valence-corrected chi connectivity index (χ1v) is 5.87. The van der Waals surface area contributed by atoms with E-state index in [2.05, 4.69) is 6.58 Å². The highest BCUT2D eigenvalue weighted by Gasteiger charge is 2.30. The smallest absolute Gasteiger partial charge is 0.273 e. The molecule has 0 radical (unpaired) electrons. The zero-order chi connectivity index (χ0) is 15.3. The van der Waals surface area contributed by atoms with Crippen molar-refractivity contribution < 1.29 is 14.7 Å². The highest BCUT2D eigenvalue weighted by molar-refractivity contribution is 5.75. The maximum Gasteiger partial charge on any atom is 0.302 e. The van der Waals surface area contributed by atoms with E-state index >= 15 is 0 Å². The van der Waals surface area contributed by atoms with Gasteiger partial charge in [-0.2, -0.15) is 0 Å². The molecule has 8 heteroatoms. The van der Waals surface area contributed by atoms with E-state index in [1.807, 2.05) is 0 Å². The van der Waals surface area contributed by atoms with E-state index < -0.39 is 9.85 Å². The molecule has 0 heterocycles. The summed E-state index contributed by atoms with van der Waals surface area (Å²) in [5.41, 5.74) is -0.478. The van der Waals surface area contributed by atoms with Crippen LogP contribution in [0.2, 0.25) is 0 Å². The highest BCUT2D eigenvalue weighted by Crippen LogP contribution is 2.38.